The molecule has 6 heteroatoms. The molecule has 82 valence electrons. The summed E-state index contributed by atoms with van der Waals surface area (Å²) >= 11 is 3.22. The van der Waals surface area contributed by atoms with Crippen LogP contribution in [-0.4, -0.2) is 14.5 Å². The monoisotopic (exact) mass is 290 g/mol. The summed E-state index contributed by atoms with van der Waals surface area (Å²) in [4.78, 5) is 0.218. The summed E-state index contributed by atoms with van der Waals surface area (Å²) in [6.07, 6.45) is 1.84. The molecule has 1 aliphatic carbocycles. The van der Waals surface area contributed by atoms with E-state index < -0.39 is 10.0 Å². The number of benzene rings is 1. The van der Waals surface area contributed by atoms with Crippen molar-refractivity contribution in [3.63, 3.8) is 0 Å². The molecule has 0 aromatic heterocycles. The fourth-order valence-electron chi connectivity index (χ4n) is 1.18. The number of nitrogens with one attached hydrogen (secondary N) is 1. The van der Waals surface area contributed by atoms with E-state index in [1.165, 1.54) is 12.1 Å². The molecule has 0 amide bonds. The Morgan fingerprint density at radius 1 is 1.40 bits per heavy atom. The summed E-state index contributed by atoms with van der Waals surface area (Å²) in [6, 6.07) is 4.73. The molecule has 0 bridgehead atoms. The van der Waals surface area contributed by atoms with Crippen molar-refractivity contribution in [3.8, 4) is 0 Å². The van der Waals surface area contributed by atoms with Crippen LogP contribution >= 0.6 is 15.9 Å². The average molecular weight is 291 g/mol. The number of nitrogens with two attached hydrogens (primary N) is 1. The first-order chi connectivity index (χ1) is 6.99. The number of sulfonamides is 1. The zero-order valence-corrected chi connectivity index (χ0v) is 10.3. The van der Waals surface area contributed by atoms with Gasteiger partial charge >= 0.3 is 0 Å². The number of hydrogen-bond acceptors (Lipinski definition) is 3. The van der Waals surface area contributed by atoms with Gasteiger partial charge in [0.25, 0.3) is 0 Å². The summed E-state index contributed by atoms with van der Waals surface area (Å²) in [5.41, 5.74) is 6.05. The van der Waals surface area contributed by atoms with Gasteiger partial charge in [0.05, 0.1) is 4.90 Å². The van der Waals surface area contributed by atoms with Crippen LogP contribution in [0.25, 0.3) is 0 Å². The van der Waals surface area contributed by atoms with Gasteiger partial charge in [0.15, 0.2) is 0 Å². The average Bonchev–Trinajstić information content (AvgIpc) is 2.92. The van der Waals surface area contributed by atoms with Crippen LogP contribution in [0, 0.1) is 0 Å². The van der Waals surface area contributed by atoms with Crippen LogP contribution in [0.5, 0.6) is 0 Å². The minimum atomic E-state index is -3.39. The Labute approximate surface area is 97.0 Å². The number of anilines is 1. The zero-order chi connectivity index (χ0) is 11.1. The second kappa shape index (κ2) is 3.77. The van der Waals surface area contributed by atoms with E-state index in [2.05, 4.69) is 20.7 Å². The van der Waals surface area contributed by atoms with E-state index >= 15 is 0 Å². The van der Waals surface area contributed by atoms with Crippen LogP contribution in [-0.2, 0) is 10.0 Å². The van der Waals surface area contributed by atoms with Crippen LogP contribution < -0.4 is 10.5 Å². The molecular formula is C9H11BrN2O2S. The molecule has 2 rings (SSSR count). The van der Waals surface area contributed by atoms with Crippen molar-refractivity contribution < 1.29 is 8.42 Å². The minimum absolute atomic E-state index is 0.111. The van der Waals surface area contributed by atoms with Gasteiger partial charge in [0, 0.05) is 16.2 Å². The van der Waals surface area contributed by atoms with Crippen molar-refractivity contribution >= 4 is 31.6 Å². The normalized spacial score (nSPS) is 16.6. The molecule has 15 heavy (non-hydrogen) atoms. The first kappa shape index (κ1) is 10.9. The van der Waals surface area contributed by atoms with E-state index in [9.17, 15) is 8.42 Å². The summed E-state index contributed by atoms with van der Waals surface area (Å²) in [7, 11) is -3.39. The van der Waals surface area contributed by atoms with E-state index in [4.69, 9.17) is 5.73 Å². The van der Waals surface area contributed by atoms with Crippen molar-refractivity contribution in [2.75, 3.05) is 5.73 Å². The minimum Gasteiger partial charge on any atom is -0.398 e. The summed E-state index contributed by atoms with van der Waals surface area (Å²) in [6.45, 7) is 0. The van der Waals surface area contributed by atoms with Gasteiger partial charge in [-0.25, -0.2) is 13.1 Å². The maximum Gasteiger partial charge on any atom is 0.240 e. The summed E-state index contributed by atoms with van der Waals surface area (Å²) in [5.74, 6) is 0. The van der Waals surface area contributed by atoms with Crippen LogP contribution in [0.2, 0.25) is 0 Å². The first-order valence-corrected chi connectivity index (χ1v) is 6.84. The highest BCUT2D eigenvalue weighted by atomic mass is 79.9. The highest BCUT2D eigenvalue weighted by molar-refractivity contribution is 9.10. The second-order valence-corrected chi connectivity index (χ2v) is 6.15. The van der Waals surface area contributed by atoms with Crippen molar-refractivity contribution in [2.45, 2.75) is 23.8 Å². The lowest BCUT2D eigenvalue weighted by Gasteiger charge is -2.06. The van der Waals surface area contributed by atoms with Crippen molar-refractivity contribution in [2.24, 2.45) is 0 Å². The largest absolute Gasteiger partial charge is 0.398 e. The van der Waals surface area contributed by atoms with Gasteiger partial charge in [-0.05, 0) is 47.0 Å². The fraction of sp³-hybridized carbons (Fsp3) is 0.333. The van der Waals surface area contributed by atoms with E-state index in [0.717, 1.165) is 12.8 Å². The van der Waals surface area contributed by atoms with E-state index in [0.29, 0.717) is 10.2 Å². The second-order valence-electron chi connectivity index (χ2n) is 3.58. The first-order valence-electron chi connectivity index (χ1n) is 4.56. The number of hydrogen-bond donors (Lipinski definition) is 2. The highest BCUT2D eigenvalue weighted by Gasteiger charge is 2.28. The molecule has 0 saturated heterocycles. The Morgan fingerprint density at radius 3 is 2.60 bits per heavy atom. The molecule has 0 radical (unpaired) electrons. The molecule has 4 nitrogen and oxygen atoms in total. The van der Waals surface area contributed by atoms with Crippen LogP contribution in [0.3, 0.4) is 0 Å². The molecule has 0 unspecified atom stereocenters. The molecule has 1 aromatic rings. The van der Waals surface area contributed by atoms with E-state index in [1.807, 2.05) is 0 Å². The lowest BCUT2D eigenvalue weighted by atomic mass is 10.3. The number of nitrogen functional groups attached to an aromatic ring is 1. The smallest absolute Gasteiger partial charge is 0.240 e. The number of halogens is 1. The fourth-order valence-corrected chi connectivity index (χ4v) is 2.76. The molecule has 1 aromatic carbocycles. The van der Waals surface area contributed by atoms with Gasteiger partial charge in [-0.2, -0.15) is 0 Å². The van der Waals surface area contributed by atoms with Crippen LogP contribution in [0.15, 0.2) is 27.6 Å². The standard InChI is InChI=1S/C9H11BrN2O2S/c10-8-4-3-7(5-9(8)11)15(13,14)12-6-1-2-6/h3-6,12H,1-2,11H2. The van der Waals surface area contributed by atoms with Gasteiger partial charge in [0.2, 0.25) is 10.0 Å². The molecule has 1 aliphatic rings. The van der Waals surface area contributed by atoms with Gasteiger partial charge < -0.3 is 5.73 Å². The SMILES string of the molecule is Nc1cc(S(=O)(=O)NC2CC2)ccc1Br. The lowest BCUT2D eigenvalue weighted by molar-refractivity contribution is 0.581. The quantitative estimate of drug-likeness (QED) is 0.828. The predicted molar refractivity (Wildman–Crippen MR) is 61.9 cm³/mol. The lowest BCUT2D eigenvalue weighted by Crippen LogP contribution is -2.25. The molecule has 0 heterocycles. The Morgan fingerprint density at radius 2 is 2.07 bits per heavy atom. The van der Waals surface area contributed by atoms with Gasteiger partial charge in [-0.1, -0.05) is 0 Å². The molecule has 0 spiro atoms. The zero-order valence-electron chi connectivity index (χ0n) is 7.90. The van der Waals surface area contributed by atoms with Gasteiger partial charge in [-0.15, -0.1) is 0 Å². The molecule has 3 N–H and O–H groups in total. The number of rotatable bonds is 3. The maximum atomic E-state index is 11.8. The third-order valence-corrected chi connectivity index (χ3v) is 4.42. The van der Waals surface area contributed by atoms with Crippen molar-refractivity contribution in [3.05, 3.63) is 22.7 Å². The summed E-state index contributed by atoms with van der Waals surface area (Å²) < 4.78 is 26.8. The maximum absolute atomic E-state index is 11.8. The molecular weight excluding hydrogens is 280 g/mol. The van der Waals surface area contributed by atoms with Crippen molar-refractivity contribution in [1.82, 2.24) is 4.72 Å². The highest BCUT2D eigenvalue weighted by Crippen LogP contribution is 2.25. The Hall–Kier alpha value is -0.590. The van der Waals surface area contributed by atoms with E-state index in [-0.39, 0.29) is 10.9 Å². The third-order valence-electron chi connectivity index (χ3n) is 2.18. The van der Waals surface area contributed by atoms with Gasteiger partial charge in [0.1, 0.15) is 0 Å². The predicted octanol–water partition coefficient (Wildman–Crippen LogP) is 1.47. The Bertz CT molecular complexity index is 483. The molecule has 1 saturated carbocycles. The van der Waals surface area contributed by atoms with Gasteiger partial charge in [-0.3, -0.25) is 0 Å². The Balaban J connectivity index is 2.31. The molecule has 0 aliphatic heterocycles. The Kier molecular flexibility index (Phi) is 2.74. The third kappa shape index (κ3) is 2.50. The summed E-state index contributed by atoms with van der Waals surface area (Å²) in [5, 5.41) is 0. The van der Waals surface area contributed by atoms with Crippen LogP contribution in [0.1, 0.15) is 12.8 Å². The van der Waals surface area contributed by atoms with Crippen LogP contribution in [0.4, 0.5) is 5.69 Å². The topological polar surface area (TPSA) is 72.2 Å². The van der Waals surface area contributed by atoms with Crippen molar-refractivity contribution in [1.29, 1.82) is 0 Å². The van der Waals surface area contributed by atoms with E-state index in [1.54, 1.807) is 6.07 Å². The molecule has 0 atom stereocenters. The molecule has 1 fully saturated rings.